The molecule has 0 fully saturated rings. The summed E-state index contributed by atoms with van der Waals surface area (Å²) in [5.41, 5.74) is 14.0. The average molecular weight is 444 g/mol. The van der Waals surface area contributed by atoms with Crippen LogP contribution in [0.2, 0.25) is 0 Å². The van der Waals surface area contributed by atoms with Crippen LogP contribution in [0, 0.1) is 0 Å². The van der Waals surface area contributed by atoms with E-state index in [4.69, 9.17) is 0 Å². The Balaban J connectivity index is 1.43. The quantitative estimate of drug-likeness (QED) is 0.244. The van der Waals surface area contributed by atoms with Gasteiger partial charge in [0.25, 0.3) is 0 Å². The van der Waals surface area contributed by atoms with Crippen molar-refractivity contribution in [1.82, 2.24) is 0 Å². The Kier molecular flexibility index (Phi) is 3.72. The van der Waals surface area contributed by atoms with Crippen LogP contribution in [0.15, 0.2) is 127 Å². The molecule has 1 heterocycles. The third-order valence-corrected chi connectivity index (χ3v) is 7.54. The van der Waals surface area contributed by atoms with Crippen LogP contribution in [0.1, 0.15) is 0 Å². The number of hydrogen-bond acceptors (Lipinski definition) is 1. The van der Waals surface area contributed by atoms with Crippen LogP contribution in [0.25, 0.3) is 55.3 Å². The largest absolute Gasteiger partial charge is 0.309 e. The fraction of sp³-hybridized carbons (Fsp3) is 0. The van der Waals surface area contributed by atoms with E-state index < -0.39 is 0 Å². The number of anilines is 3. The van der Waals surface area contributed by atoms with Gasteiger partial charge in [0.1, 0.15) is 0 Å². The predicted octanol–water partition coefficient (Wildman–Crippen LogP) is 9.60. The summed E-state index contributed by atoms with van der Waals surface area (Å²) in [6.45, 7) is 0. The van der Waals surface area contributed by atoms with Gasteiger partial charge in [0.2, 0.25) is 0 Å². The second-order valence-corrected chi connectivity index (χ2v) is 9.35. The van der Waals surface area contributed by atoms with Gasteiger partial charge in [-0.1, -0.05) is 103 Å². The molecular formula is C34H21N. The van der Waals surface area contributed by atoms with E-state index in [2.05, 4.69) is 132 Å². The lowest BCUT2D eigenvalue weighted by molar-refractivity contribution is 1.30. The van der Waals surface area contributed by atoms with Crippen molar-refractivity contribution in [3.05, 3.63) is 127 Å². The van der Waals surface area contributed by atoms with Gasteiger partial charge >= 0.3 is 0 Å². The highest BCUT2D eigenvalue weighted by molar-refractivity contribution is 6.16. The van der Waals surface area contributed by atoms with Crippen molar-refractivity contribution in [2.24, 2.45) is 0 Å². The van der Waals surface area contributed by atoms with Gasteiger partial charge in [0, 0.05) is 16.8 Å². The Morgan fingerprint density at radius 1 is 0.343 bits per heavy atom. The minimum Gasteiger partial charge on any atom is -0.309 e. The first kappa shape index (κ1) is 18.8. The summed E-state index contributed by atoms with van der Waals surface area (Å²) in [5.74, 6) is 0. The van der Waals surface area contributed by atoms with E-state index in [1.54, 1.807) is 0 Å². The van der Waals surface area contributed by atoms with Crippen LogP contribution in [-0.2, 0) is 0 Å². The highest BCUT2D eigenvalue weighted by Crippen LogP contribution is 2.53. The van der Waals surface area contributed by atoms with Crippen LogP contribution in [0.5, 0.6) is 0 Å². The molecule has 1 nitrogen and oxygen atoms in total. The number of para-hydroxylation sites is 2. The second kappa shape index (κ2) is 6.94. The molecule has 1 aliphatic carbocycles. The van der Waals surface area contributed by atoms with Gasteiger partial charge in [-0.25, -0.2) is 0 Å². The van der Waals surface area contributed by atoms with Gasteiger partial charge in [0.15, 0.2) is 0 Å². The number of rotatable bonds is 1. The van der Waals surface area contributed by atoms with Gasteiger partial charge in [-0.15, -0.1) is 0 Å². The normalized spacial score (nSPS) is 12.5. The molecule has 162 valence electrons. The Hall–Kier alpha value is -4.62. The van der Waals surface area contributed by atoms with E-state index in [1.807, 2.05) is 0 Å². The SMILES string of the molecule is c1ccc2c(c1)-c1ccccc1N(c1ccc3c(c1)-c1cccc4cccc-3c14)c1ccccc1-2. The Labute approximate surface area is 204 Å². The summed E-state index contributed by atoms with van der Waals surface area (Å²) in [6.07, 6.45) is 0. The zero-order chi connectivity index (χ0) is 22.9. The fourth-order valence-corrected chi connectivity index (χ4v) is 6.07. The van der Waals surface area contributed by atoms with E-state index in [0.29, 0.717) is 0 Å². The summed E-state index contributed by atoms with van der Waals surface area (Å²) in [4.78, 5) is 2.44. The highest BCUT2D eigenvalue weighted by atomic mass is 15.1. The Morgan fingerprint density at radius 2 is 0.829 bits per heavy atom. The van der Waals surface area contributed by atoms with Gasteiger partial charge < -0.3 is 4.90 Å². The van der Waals surface area contributed by atoms with Crippen LogP contribution in [-0.4, -0.2) is 0 Å². The molecule has 6 aromatic rings. The molecule has 1 aliphatic heterocycles. The molecule has 0 N–H and O–H groups in total. The van der Waals surface area contributed by atoms with E-state index in [1.165, 1.54) is 72.3 Å². The van der Waals surface area contributed by atoms with E-state index in [9.17, 15) is 0 Å². The van der Waals surface area contributed by atoms with Crippen molar-refractivity contribution < 1.29 is 0 Å². The second-order valence-electron chi connectivity index (χ2n) is 9.35. The van der Waals surface area contributed by atoms with Crippen molar-refractivity contribution in [1.29, 1.82) is 0 Å². The van der Waals surface area contributed by atoms with Gasteiger partial charge in [-0.2, -0.15) is 0 Å². The lowest BCUT2D eigenvalue weighted by Crippen LogP contribution is -2.11. The number of benzene rings is 6. The van der Waals surface area contributed by atoms with Crippen molar-refractivity contribution >= 4 is 27.8 Å². The van der Waals surface area contributed by atoms with Crippen molar-refractivity contribution in [3.63, 3.8) is 0 Å². The molecular weight excluding hydrogens is 422 g/mol. The molecule has 0 saturated heterocycles. The first-order valence-corrected chi connectivity index (χ1v) is 12.1. The molecule has 2 aliphatic rings. The molecule has 0 unspecified atom stereocenters. The minimum absolute atomic E-state index is 1.18. The summed E-state index contributed by atoms with van der Waals surface area (Å²) in [7, 11) is 0. The summed E-state index contributed by atoms with van der Waals surface area (Å²) >= 11 is 0. The molecule has 0 atom stereocenters. The van der Waals surface area contributed by atoms with Crippen molar-refractivity contribution in [2.45, 2.75) is 0 Å². The molecule has 0 radical (unpaired) electrons. The summed E-state index contributed by atoms with van der Waals surface area (Å²) in [6, 6.07) is 46.6. The summed E-state index contributed by atoms with van der Waals surface area (Å²) < 4.78 is 0. The van der Waals surface area contributed by atoms with Crippen LogP contribution >= 0.6 is 0 Å². The molecule has 35 heavy (non-hydrogen) atoms. The maximum Gasteiger partial charge on any atom is 0.0540 e. The maximum absolute atomic E-state index is 2.44. The molecule has 8 rings (SSSR count). The zero-order valence-corrected chi connectivity index (χ0v) is 19.1. The van der Waals surface area contributed by atoms with Gasteiger partial charge in [-0.05, 0) is 68.4 Å². The van der Waals surface area contributed by atoms with Crippen LogP contribution in [0.4, 0.5) is 17.1 Å². The van der Waals surface area contributed by atoms with E-state index >= 15 is 0 Å². The van der Waals surface area contributed by atoms with Crippen molar-refractivity contribution in [3.8, 4) is 44.5 Å². The number of nitrogens with zero attached hydrogens (tertiary/aromatic N) is 1. The molecule has 6 aromatic carbocycles. The van der Waals surface area contributed by atoms with Gasteiger partial charge in [0.05, 0.1) is 11.4 Å². The number of fused-ring (bicyclic) bond motifs is 8. The maximum atomic E-state index is 2.44. The Bertz CT molecular complexity index is 1740. The Morgan fingerprint density at radius 3 is 1.46 bits per heavy atom. The fourth-order valence-electron chi connectivity index (χ4n) is 6.07. The van der Waals surface area contributed by atoms with E-state index in [-0.39, 0.29) is 0 Å². The van der Waals surface area contributed by atoms with Crippen LogP contribution < -0.4 is 4.90 Å². The molecule has 0 bridgehead atoms. The topological polar surface area (TPSA) is 3.24 Å². The smallest absolute Gasteiger partial charge is 0.0540 e. The standard InChI is InChI=1S/C34H21N/c1-2-12-25-24(11-1)27-13-3-5-17-32(27)35(33-18-6-4-14-28(25)33)23-19-20-26-29-15-7-9-22-10-8-16-30(34(22)29)31(26)21-23/h1-21H. The lowest BCUT2D eigenvalue weighted by atomic mass is 9.95. The molecule has 0 saturated carbocycles. The zero-order valence-electron chi connectivity index (χ0n) is 19.1. The van der Waals surface area contributed by atoms with Crippen molar-refractivity contribution in [2.75, 3.05) is 4.90 Å². The lowest BCUT2D eigenvalue weighted by Gasteiger charge is -2.27. The van der Waals surface area contributed by atoms with Gasteiger partial charge in [-0.3, -0.25) is 0 Å². The predicted molar refractivity (Wildman–Crippen MR) is 147 cm³/mol. The number of hydrogen-bond donors (Lipinski definition) is 0. The summed E-state index contributed by atoms with van der Waals surface area (Å²) in [5, 5.41) is 2.67. The third kappa shape index (κ3) is 2.53. The third-order valence-electron chi connectivity index (χ3n) is 7.54. The molecule has 0 aromatic heterocycles. The molecule has 0 spiro atoms. The van der Waals surface area contributed by atoms with Crippen LogP contribution in [0.3, 0.4) is 0 Å². The minimum atomic E-state index is 1.18. The first-order chi connectivity index (χ1) is 17.4. The first-order valence-electron chi connectivity index (χ1n) is 12.1. The molecule has 1 heteroatoms. The molecule has 0 amide bonds. The monoisotopic (exact) mass is 443 g/mol. The average Bonchev–Trinajstić information content (AvgIpc) is 3.18. The van der Waals surface area contributed by atoms with E-state index in [0.717, 1.165) is 0 Å². The highest BCUT2D eigenvalue weighted by Gasteiger charge is 2.27.